The van der Waals surface area contributed by atoms with Crippen LogP contribution < -0.4 is 0 Å². The molecule has 94 valence electrons. The monoisotopic (exact) mass is 238 g/mol. The number of allylic oxidation sites excluding steroid dienone is 1. The van der Waals surface area contributed by atoms with E-state index in [0.29, 0.717) is 0 Å². The van der Waals surface area contributed by atoms with E-state index in [2.05, 4.69) is 50.4 Å². The van der Waals surface area contributed by atoms with E-state index in [1.165, 1.54) is 21.9 Å². The fourth-order valence-electron chi connectivity index (χ4n) is 2.21. The minimum atomic E-state index is 1.09. The van der Waals surface area contributed by atoms with Gasteiger partial charge in [0.1, 0.15) is 0 Å². The average Bonchev–Trinajstić information content (AvgIpc) is 2.40. The van der Waals surface area contributed by atoms with Gasteiger partial charge in [0, 0.05) is 0 Å². The van der Waals surface area contributed by atoms with Crippen molar-refractivity contribution in [3.8, 4) is 0 Å². The number of aryl methyl sites for hydroxylation is 1. The molecule has 2 aromatic rings. The van der Waals surface area contributed by atoms with Gasteiger partial charge in [0.2, 0.25) is 0 Å². The Bertz CT molecular complexity index is 574. The first-order valence-corrected chi connectivity index (χ1v) is 6.46. The lowest BCUT2D eigenvalue weighted by Gasteiger charge is -2.12. The number of benzene rings is 2. The van der Waals surface area contributed by atoms with Gasteiger partial charge in [-0.2, -0.15) is 0 Å². The maximum Gasteiger partial charge on any atom is -0.00737 e. The van der Waals surface area contributed by atoms with E-state index >= 15 is 0 Å². The van der Waals surface area contributed by atoms with Gasteiger partial charge in [-0.3, -0.25) is 0 Å². The van der Waals surface area contributed by atoms with Crippen LogP contribution in [0.1, 0.15) is 37.5 Å². The summed E-state index contributed by atoms with van der Waals surface area (Å²) in [4.78, 5) is 0. The molecule has 2 aromatic carbocycles. The standard InChI is InChI=1S/C16H16.C2H6/c1-5-13-9-10-14-8-6-7-12(4)16(14)15(13)11(2)3;1-2/h5-10H,1-2H2,3-4H3;1-2H3. The number of fused-ring (bicyclic) bond motifs is 1. The second-order valence-corrected chi connectivity index (χ2v) is 4.19. The summed E-state index contributed by atoms with van der Waals surface area (Å²) in [6.07, 6.45) is 1.90. The fourth-order valence-corrected chi connectivity index (χ4v) is 2.21. The first-order chi connectivity index (χ1) is 8.65. The van der Waals surface area contributed by atoms with Gasteiger partial charge in [0.05, 0.1) is 0 Å². The zero-order valence-electron chi connectivity index (χ0n) is 11.9. The lowest BCUT2D eigenvalue weighted by atomic mass is 9.92. The second-order valence-electron chi connectivity index (χ2n) is 4.19. The van der Waals surface area contributed by atoms with E-state index in [-0.39, 0.29) is 0 Å². The Balaban J connectivity index is 0.000000771. The molecule has 18 heavy (non-hydrogen) atoms. The fraction of sp³-hybridized carbons (Fsp3) is 0.222. The zero-order chi connectivity index (χ0) is 13.7. The van der Waals surface area contributed by atoms with Crippen LogP contribution in [0, 0.1) is 6.92 Å². The van der Waals surface area contributed by atoms with Crippen LogP contribution in [-0.4, -0.2) is 0 Å². The summed E-state index contributed by atoms with van der Waals surface area (Å²) in [6, 6.07) is 10.6. The van der Waals surface area contributed by atoms with Gasteiger partial charge in [0.15, 0.2) is 0 Å². The number of rotatable bonds is 2. The van der Waals surface area contributed by atoms with Crippen LogP contribution in [0.25, 0.3) is 22.4 Å². The van der Waals surface area contributed by atoms with Crippen LogP contribution in [0.4, 0.5) is 0 Å². The van der Waals surface area contributed by atoms with Crippen molar-refractivity contribution < 1.29 is 0 Å². The Morgan fingerprint density at radius 3 is 2.33 bits per heavy atom. The Morgan fingerprint density at radius 2 is 1.78 bits per heavy atom. The van der Waals surface area contributed by atoms with E-state index in [9.17, 15) is 0 Å². The molecule has 0 bridgehead atoms. The molecule has 2 rings (SSSR count). The van der Waals surface area contributed by atoms with Crippen LogP contribution in [-0.2, 0) is 0 Å². The van der Waals surface area contributed by atoms with Gasteiger partial charge in [-0.1, -0.05) is 63.4 Å². The molecule has 0 heteroatoms. The summed E-state index contributed by atoms with van der Waals surface area (Å²) in [5.74, 6) is 0. The highest BCUT2D eigenvalue weighted by atomic mass is 14.1. The van der Waals surface area contributed by atoms with Gasteiger partial charge in [-0.15, -0.1) is 0 Å². The summed E-state index contributed by atoms with van der Waals surface area (Å²) in [7, 11) is 0. The Morgan fingerprint density at radius 1 is 1.11 bits per heavy atom. The lowest BCUT2D eigenvalue weighted by molar-refractivity contribution is 1.50. The zero-order valence-corrected chi connectivity index (χ0v) is 11.9. The van der Waals surface area contributed by atoms with Gasteiger partial charge < -0.3 is 0 Å². The van der Waals surface area contributed by atoms with Gasteiger partial charge in [-0.25, -0.2) is 0 Å². The van der Waals surface area contributed by atoms with Crippen molar-refractivity contribution in [2.45, 2.75) is 27.7 Å². The van der Waals surface area contributed by atoms with Crippen LogP contribution in [0.15, 0.2) is 43.5 Å². The molecule has 0 aliphatic heterocycles. The molecule has 0 saturated heterocycles. The van der Waals surface area contributed by atoms with Crippen LogP contribution in [0.3, 0.4) is 0 Å². The minimum absolute atomic E-state index is 1.09. The Kier molecular flexibility index (Phi) is 4.91. The summed E-state index contributed by atoms with van der Waals surface area (Å²) in [6.45, 7) is 16.1. The lowest BCUT2D eigenvalue weighted by Crippen LogP contribution is -1.90. The average molecular weight is 238 g/mol. The number of hydrogen-bond donors (Lipinski definition) is 0. The third-order valence-corrected chi connectivity index (χ3v) is 2.93. The van der Waals surface area contributed by atoms with Crippen LogP contribution in [0.2, 0.25) is 0 Å². The van der Waals surface area contributed by atoms with Crippen molar-refractivity contribution in [1.82, 2.24) is 0 Å². The molecule has 0 N–H and O–H groups in total. The third kappa shape index (κ3) is 2.53. The minimum Gasteiger partial charge on any atom is -0.0984 e. The summed E-state index contributed by atoms with van der Waals surface area (Å²) < 4.78 is 0. The molecule has 0 nitrogen and oxygen atoms in total. The summed E-state index contributed by atoms with van der Waals surface area (Å²) >= 11 is 0. The van der Waals surface area contributed by atoms with Crippen molar-refractivity contribution in [2.75, 3.05) is 0 Å². The first kappa shape index (κ1) is 14.2. The molecule has 0 aliphatic carbocycles. The van der Waals surface area contributed by atoms with Gasteiger partial charge in [-0.05, 0) is 46.9 Å². The maximum atomic E-state index is 4.08. The van der Waals surface area contributed by atoms with Crippen LogP contribution in [0.5, 0.6) is 0 Å². The Labute approximate surface area is 111 Å². The highest BCUT2D eigenvalue weighted by Crippen LogP contribution is 2.30. The molecule has 0 fully saturated rings. The predicted octanol–water partition coefficient (Wildman–Crippen LogP) is 5.85. The van der Waals surface area contributed by atoms with E-state index in [1.54, 1.807) is 0 Å². The highest BCUT2D eigenvalue weighted by Gasteiger charge is 2.07. The molecule has 0 unspecified atom stereocenters. The van der Waals surface area contributed by atoms with Crippen molar-refractivity contribution in [3.63, 3.8) is 0 Å². The molecule has 0 amide bonds. The van der Waals surface area contributed by atoms with Gasteiger partial charge in [0.25, 0.3) is 0 Å². The Hall–Kier alpha value is -1.82. The number of hydrogen-bond acceptors (Lipinski definition) is 0. The molecular formula is C18H22. The van der Waals surface area contributed by atoms with E-state index < -0.39 is 0 Å². The normalized spacial score (nSPS) is 9.56. The maximum absolute atomic E-state index is 4.08. The van der Waals surface area contributed by atoms with Crippen molar-refractivity contribution in [2.24, 2.45) is 0 Å². The topological polar surface area (TPSA) is 0 Å². The second kappa shape index (κ2) is 6.20. The van der Waals surface area contributed by atoms with Gasteiger partial charge >= 0.3 is 0 Å². The van der Waals surface area contributed by atoms with Crippen molar-refractivity contribution >= 4 is 22.4 Å². The molecule has 0 heterocycles. The van der Waals surface area contributed by atoms with Crippen molar-refractivity contribution in [3.05, 3.63) is 60.2 Å². The molecule has 0 atom stereocenters. The summed E-state index contributed by atoms with van der Waals surface area (Å²) in [5.41, 5.74) is 4.77. The summed E-state index contributed by atoms with van der Waals surface area (Å²) in [5, 5.41) is 2.57. The molecule has 0 aliphatic rings. The van der Waals surface area contributed by atoms with E-state index in [4.69, 9.17) is 0 Å². The first-order valence-electron chi connectivity index (χ1n) is 6.46. The quantitative estimate of drug-likeness (QED) is 0.615. The van der Waals surface area contributed by atoms with E-state index in [1.807, 2.05) is 26.8 Å². The predicted molar refractivity (Wildman–Crippen MR) is 84.8 cm³/mol. The SMILES string of the molecule is C=Cc1ccc2cccc(C)c2c1C(=C)C.CC. The molecular weight excluding hydrogens is 216 g/mol. The largest absolute Gasteiger partial charge is 0.0984 e. The highest BCUT2D eigenvalue weighted by molar-refractivity contribution is 5.98. The smallest absolute Gasteiger partial charge is 0.00737 e. The molecule has 0 spiro atoms. The molecule has 0 aromatic heterocycles. The van der Waals surface area contributed by atoms with Crippen molar-refractivity contribution in [1.29, 1.82) is 0 Å². The van der Waals surface area contributed by atoms with E-state index in [0.717, 1.165) is 11.1 Å². The third-order valence-electron chi connectivity index (χ3n) is 2.93. The van der Waals surface area contributed by atoms with Crippen LogP contribution >= 0.6 is 0 Å². The molecule has 0 radical (unpaired) electrons. The molecule has 0 saturated carbocycles.